The highest BCUT2D eigenvalue weighted by atomic mass is 33.1. The smallest absolute Gasteiger partial charge is 0.246 e. The molecule has 68 heavy (non-hydrogen) atoms. The number of amides is 9. The van der Waals surface area contributed by atoms with Gasteiger partial charge in [-0.25, -0.2) is 0 Å². The lowest BCUT2D eigenvalue weighted by atomic mass is 10.0. The van der Waals surface area contributed by atoms with Gasteiger partial charge >= 0.3 is 0 Å². The number of nitrogens with one attached hydrogen (secondary N) is 7. The lowest BCUT2D eigenvalue weighted by Gasteiger charge is -2.30. The van der Waals surface area contributed by atoms with Crippen molar-refractivity contribution in [1.29, 1.82) is 0 Å². The number of hydrogen-bond acceptors (Lipinski definition) is 12. The third kappa shape index (κ3) is 16.4. The summed E-state index contributed by atoms with van der Waals surface area (Å²) < 4.78 is 0. The highest BCUT2D eigenvalue weighted by molar-refractivity contribution is 8.76. The standard InChI is InChI=1S/C47H60N10O9S2/c1-29-41(60)54-34(24-30-12-5-2-6-13-30)42(61)50-21-23-67-68-28-37(45(64)53-33(19-20-39(49)58)43(62)55-35(44(63)51-29)25-31-14-7-3-8-15-31)56-46(65)38-18-11-22-57(38)47(66)36(52-40(59)27-48)26-32-16-9-4-10-17-32/h2-10,12-17,29,33-38H,11,18-28,48H2,1H3,(H2,49,58)(H,50,61)(H,51,63)(H,52,59)(H,53,64)(H,54,60)(H,55,62)(H,56,65)/t29-,33-,34-,35-,36-,37+,38-/m0/s1. The number of carbonyl (C=O) groups is 9. The molecule has 2 fully saturated rings. The molecule has 5 rings (SSSR count). The number of nitrogens with two attached hydrogens (primary N) is 2. The Morgan fingerprint density at radius 1 is 0.721 bits per heavy atom. The van der Waals surface area contributed by atoms with E-state index in [0.29, 0.717) is 17.7 Å². The normalized spacial score (nSPS) is 22.8. The van der Waals surface area contributed by atoms with Crippen LogP contribution in [0.4, 0.5) is 0 Å². The molecule has 0 aromatic heterocycles. The largest absolute Gasteiger partial charge is 0.370 e. The number of nitrogens with zero attached hydrogens (tertiary/aromatic N) is 1. The minimum absolute atomic E-state index is 0.0342. The number of carbonyl (C=O) groups excluding carboxylic acids is 9. The summed E-state index contributed by atoms with van der Waals surface area (Å²) >= 11 is 0. The van der Waals surface area contributed by atoms with Crippen LogP contribution in [-0.2, 0) is 62.4 Å². The quantitative estimate of drug-likeness (QED) is 0.0914. The Kier molecular flexibility index (Phi) is 20.7. The molecule has 2 heterocycles. The topological polar surface area (TPSA) is 293 Å². The summed E-state index contributed by atoms with van der Waals surface area (Å²) in [6.45, 7) is 1.45. The molecule has 21 heteroatoms. The van der Waals surface area contributed by atoms with E-state index in [4.69, 9.17) is 11.5 Å². The molecule has 364 valence electrons. The van der Waals surface area contributed by atoms with E-state index in [1.165, 1.54) is 33.4 Å². The molecule has 0 saturated carbocycles. The van der Waals surface area contributed by atoms with Gasteiger partial charge in [-0.3, -0.25) is 43.2 Å². The third-order valence-corrected chi connectivity index (χ3v) is 13.7. The highest BCUT2D eigenvalue weighted by Crippen LogP contribution is 2.24. The predicted octanol–water partition coefficient (Wildman–Crippen LogP) is -0.630. The Hall–Kier alpha value is -6.45. The lowest BCUT2D eigenvalue weighted by molar-refractivity contribution is -0.142. The molecule has 11 N–H and O–H groups in total. The molecular weight excluding hydrogens is 913 g/mol. The van der Waals surface area contributed by atoms with Gasteiger partial charge in [0, 0.05) is 50.3 Å². The molecule has 0 unspecified atom stereocenters. The van der Waals surface area contributed by atoms with Gasteiger partial charge in [0.2, 0.25) is 53.2 Å². The van der Waals surface area contributed by atoms with Crippen LogP contribution in [0, 0.1) is 0 Å². The van der Waals surface area contributed by atoms with Crippen molar-refractivity contribution in [3.63, 3.8) is 0 Å². The van der Waals surface area contributed by atoms with Gasteiger partial charge in [0.25, 0.3) is 0 Å². The second kappa shape index (κ2) is 26.8. The van der Waals surface area contributed by atoms with Gasteiger partial charge in [-0.05, 0) is 42.9 Å². The van der Waals surface area contributed by atoms with Gasteiger partial charge in [0.1, 0.15) is 42.3 Å². The molecule has 3 aromatic rings. The van der Waals surface area contributed by atoms with E-state index < -0.39 is 95.5 Å². The maximum absolute atomic E-state index is 14.3. The van der Waals surface area contributed by atoms with Gasteiger partial charge in [-0.1, -0.05) is 113 Å². The summed E-state index contributed by atoms with van der Waals surface area (Å²) in [6.07, 6.45) is 0.381. The van der Waals surface area contributed by atoms with Crippen LogP contribution in [0.3, 0.4) is 0 Å². The number of rotatable bonds is 14. The summed E-state index contributed by atoms with van der Waals surface area (Å²) in [5.74, 6) is -5.67. The fraction of sp³-hybridized carbons (Fsp3) is 0.426. The molecule has 2 aliphatic rings. The molecule has 2 aliphatic heterocycles. The molecule has 9 amide bonds. The fourth-order valence-electron chi connectivity index (χ4n) is 7.67. The Bertz CT molecular complexity index is 2230. The van der Waals surface area contributed by atoms with Crippen molar-refractivity contribution >= 4 is 74.8 Å². The monoisotopic (exact) mass is 972 g/mol. The van der Waals surface area contributed by atoms with E-state index in [0.717, 1.165) is 11.1 Å². The Labute approximate surface area is 403 Å². The maximum Gasteiger partial charge on any atom is 0.246 e. The van der Waals surface area contributed by atoms with E-state index in [1.807, 2.05) is 48.5 Å². The first-order chi connectivity index (χ1) is 32.7. The van der Waals surface area contributed by atoms with Crippen LogP contribution in [-0.4, -0.2) is 131 Å². The molecule has 0 spiro atoms. The Morgan fingerprint density at radius 2 is 1.28 bits per heavy atom. The van der Waals surface area contributed by atoms with Gasteiger partial charge < -0.3 is 53.6 Å². The average Bonchev–Trinajstić information content (AvgIpc) is 3.83. The SMILES string of the molecule is C[C@@H]1NC(=O)[C@H](Cc2ccccc2)NC(=O)[C@H](CCC(N)=O)NC(=O)[C@H](NC(=O)[C@@H]2CCCN2C(=O)[C@H](Cc2ccccc2)NC(=O)CN)CSSCCNC(=O)[C@H](Cc2ccccc2)NC1=O. The molecule has 19 nitrogen and oxygen atoms in total. The van der Waals surface area contributed by atoms with Gasteiger partial charge in [0.05, 0.1) is 6.54 Å². The summed E-state index contributed by atoms with van der Waals surface area (Å²) in [5, 5.41) is 19.1. The van der Waals surface area contributed by atoms with Crippen molar-refractivity contribution in [2.24, 2.45) is 11.5 Å². The van der Waals surface area contributed by atoms with Crippen LogP contribution in [0.1, 0.15) is 49.3 Å². The summed E-state index contributed by atoms with van der Waals surface area (Å²) in [4.78, 5) is 124. The van der Waals surface area contributed by atoms with Gasteiger partial charge in [-0.2, -0.15) is 0 Å². The second-order valence-electron chi connectivity index (χ2n) is 16.5. The van der Waals surface area contributed by atoms with E-state index >= 15 is 0 Å². The third-order valence-electron chi connectivity index (χ3n) is 11.3. The fourth-order valence-corrected chi connectivity index (χ4v) is 9.74. The number of primary amides is 1. The van der Waals surface area contributed by atoms with Crippen LogP contribution in [0.2, 0.25) is 0 Å². The van der Waals surface area contributed by atoms with E-state index in [9.17, 15) is 43.2 Å². The molecule has 3 aromatic carbocycles. The van der Waals surface area contributed by atoms with E-state index in [-0.39, 0.29) is 63.9 Å². The zero-order valence-corrected chi connectivity index (χ0v) is 39.4. The van der Waals surface area contributed by atoms with Crippen molar-refractivity contribution in [3.8, 4) is 0 Å². The Balaban J connectivity index is 1.41. The van der Waals surface area contributed by atoms with Crippen molar-refractivity contribution in [1.82, 2.24) is 42.1 Å². The van der Waals surface area contributed by atoms with Crippen molar-refractivity contribution < 1.29 is 43.2 Å². The van der Waals surface area contributed by atoms with Crippen LogP contribution in [0.15, 0.2) is 91.0 Å². The van der Waals surface area contributed by atoms with E-state index in [1.54, 1.807) is 42.5 Å². The second-order valence-corrected chi connectivity index (χ2v) is 19.1. The first-order valence-electron chi connectivity index (χ1n) is 22.5. The number of benzene rings is 3. The van der Waals surface area contributed by atoms with Gasteiger partial charge in [-0.15, -0.1) is 0 Å². The molecule has 0 radical (unpaired) electrons. The molecular formula is C47H60N10O9S2. The van der Waals surface area contributed by atoms with Crippen LogP contribution in [0.5, 0.6) is 0 Å². The predicted molar refractivity (Wildman–Crippen MR) is 258 cm³/mol. The zero-order chi connectivity index (χ0) is 49.0. The number of hydrogen-bond donors (Lipinski definition) is 9. The maximum atomic E-state index is 14.3. The molecule has 2 saturated heterocycles. The first kappa shape index (κ1) is 52.5. The summed E-state index contributed by atoms with van der Waals surface area (Å²) in [7, 11) is 2.49. The summed E-state index contributed by atoms with van der Waals surface area (Å²) in [5.41, 5.74) is 13.3. The summed E-state index contributed by atoms with van der Waals surface area (Å²) in [6, 6.07) is 18.6. The lowest BCUT2D eigenvalue weighted by Crippen LogP contribution is -2.60. The number of likely N-dealkylation sites (tertiary alicyclic amines) is 1. The van der Waals surface area contributed by atoms with Crippen molar-refractivity contribution in [2.45, 2.75) is 94.2 Å². The minimum Gasteiger partial charge on any atom is -0.370 e. The first-order valence-corrected chi connectivity index (χ1v) is 24.9. The van der Waals surface area contributed by atoms with Crippen LogP contribution in [0.25, 0.3) is 0 Å². The average molecular weight is 973 g/mol. The minimum atomic E-state index is -1.42. The van der Waals surface area contributed by atoms with Crippen LogP contribution < -0.4 is 48.7 Å². The molecule has 0 aliphatic carbocycles. The van der Waals surface area contributed by atoms with Crippen LogP contribution >= 0.6 is 21.6 Å². The Morgan fingerprint density at radius 3 is 1.88 bits per heavy atom. The zero-order valence-electron chi connectivity index (χ0n) is 37.8. The van der Waals surface area contributed by atoms with Crippen molar-refractivity contribution in [2.75, 3.05) is 31.1 Å². The van der Waals surface area contributed by atoms with E-state index in [2.05, 4.69) is 37.2 Å². The molecule has 7 atom stereocenters. The molecule has 0 bridgehead atoms. The highest BCUT2D eigenvalue weighted by Gasteiger charge is 2.40. The van der Waals surface area contributed by atoms with Crippen molar-refractivity contribution in [3.05, 3.63) is 108 Å². The van der Waals surface area contributed by atoms with Gasteiger partial charge in [0.15, 0.2) is 0 Å².